The van der Waals surface area contributed by atoms with Crippen LogP contribution in [0.2, 0.25) is 0 Å². The van der Waals surface area contributed by atoms with E-state index in [1.54, 1.807) is 0 Å². The summed E-state index contributed by atoms with van der Waals surface area (Å²) in [6, 6.07) is 7.98. The Morgan fingerprint density at radius 2 is 2.11 bits per heavy atom. The number of aryl methyl sites for hydroxylation is 1. The van der Waals surface area contributed by atoms with Crippen molar-refractivity contribution in [1.82, 2.24) is 10.1 Å². The van der Waals surface area contributed by atoms with Gasteiger partial charge in [0.2, 0.25) is 11.7 Å². The van der Waals surface area contributed by atoms with Crippen LogP contribution in [0.25, 0.3) is 11.4 Å². The molecular weight excluding hydrogens is 264 g/mol. The third-order valence-electron chi connectivity index (χ3n) is 2.54. The van der Waals surface area contributed by atoms with Crippen molar-refractivity contribution < 1.29 is 14.4 Å². The number of carboxylic acid groups (broad SMARTS) is 1. The van der Waals surface area contributed by atoms with Gasteiger partial charge in [0, 0.05) is 5.56 Å². The Labute approximate surface area is 115 Å². The Hall–Kier alpha value is -1.82. The summed E-state index contributed by atoms with van der Waals surface area (Å²) < 4.78 is 5.08. The van der Waals surface area contributed by atoms with Crippen molar-refractivity contribution in [2.45, 2.75) is 19.1 Å². The van der Waals surface area contributed by atoms with Crippen molar-refractivity contribution in [3.63, 3.8) is 0 Å². The number of carboxylic acids is 1. The van der Waals surface area contributed by atoms with Crippen molar-refractivity contribution in [3.05, 3.63) is 35.7 Å². The molecule has 0 atom stereocenters. The van der Waals surface area contributed by atoms with Gasteiger partial charge in [0.05, 0.1) is 11.5 Å². The van der Waals surface area contributed by atoms with E-state index in [9.17, 15) is 4.79 Å². The molecule has 19 heavy (non-hydrogen) atoms. The second-order valence-corrected chi connectivity index (χ2v) is 4.93. The van der Waals surface area contributed by atoms with Crippen LogP contribution in [-0.2, 0) is 17.0 Å². The third-order valence-corrected chi connectivity index (χ3v) is 3.44. The van der Waals surface area contributed by atoms with Crippen LogP contribution in [-0.4, -0.2) is 27.0 Å². The highest BCUT2D eigenvalue weighted by molar-refractivity contribution is 7.99. The SMILES string of the molecule is CCc1ccc(-c2noc(CSCC(=O)O)n2)cc1. The molecule has 0 saturated carbocycles. The number of aliphatic carboxylic acids is 1. The zero-order valence-corrected chi connectivity index (χ0v) is 11.3. The lowest BCUT2D eigenvalue weighted by molar-refractivity contribution is -0.133. The molecule has 0 amide bonds. The van der Waals surface area contributed by atoms with Crippen LogP contribution in [0.4, 0.5) is 0 Å². The predicted molar refractivity (Wildman–Crippen MR) is 72.9 cm³/mol. The minimum absolute atomic E-state index is 0.0307. The fraction of sp³-hybridized carbons (Fsp3) is 0.308. The van der Waals surface area contributed by atoms with Crippen LogP contribution >= 0.6 is 11.8 Å². The number of nitrogens with zero attached hydrogens (tertiary/aromatic N) is 2. The van der Waals surface area contributed by atoms with Crippen molar-refractivity contribution >= 4 is 17.7 Å². The van der Waals surface area contributed by atoms with Gasteiger partial charge in [-0.15, -0.1) is 11.8 Å². The Morgan fingerprint density at radius 1 is 1.37 bits per heavy atom. The molecule has 1 heterocycles. The molecule has 2 aromatic rings. The van der Waals surface area contributed by atoms with Gasteiger partial charge in [-0.3, -0.25) is 4.79 Å². The summed E-state index contributed by atoms with van der Waals surface area (Å²) in [5, 5.41) is 12.4. The summed E-state index contributed by atoms with van der Waals surface area (Å²) in [6.45, 7) is 2.10. The Balaban J connectivity index is 2.01. The number of aromatic nitrogens is 2. The lowest BCUT2D eigenvalue weighted by Crippen LogP contribution is -1.98. The molecule has 1 N–H and O–H groups in total. The topological polar surface area (TPSA) is 76.2 Å². The summed E-state index contributed by atoms with van der Waals surface area (Å²) in [6.07, 6.45) is 0.990. The van der Waals surface area contributed by atoms with Crippen LogP contribution in [0, 0.1) is 0 Å². The summed E-state index contributed by atoms with van der Waals surface area (Å²) in [5.74, 6) is 0.573. The normalized spacial score (nSPS) is 10.6. The van der Waals surface area contributed by atoms with Gasteiger partial charge in [-0.05, 0) is 12.0 Å². The van der Waals surface area contributed by atoms with Crippen LogP contribution in [0.5, 0.6) is 0 Å². The molecule has 0 fully saturated rings. The quantitative estimate of drug-likeness (QED) is 0.875. The van der Waals surface area contributed by atoms with Crippen molar-refractivity contribution in [3.8, 4) is 11.4 Å². The minimum Gasteiger partial charge on any atom is -0.481 e. The van der Waals surface area contributed by atoms with E-state index >= 15 is 0 Å². The number of thioether (sulfide) groups is 1. The van der Waals surface area contributed by atoms with Gasteiger partial charge >= 0.3 is 5.97 Å². The largest absolute Gasteiger partial charge is 0.481 e. The van der Waals surface area contributed by atoms with Gasteiger partial charge in [0.1, 0.15) is 0 Å². The highest BCUT2D eigenvalue weighted by Gasteiger charge is 2.09. The number of carbonyl (C=O) groups is 1. The molecule has 100 valence electrons. The molecule has 0 unspecified atom stereocenters. The molecule has 2 rings (SSSR count). The van der Waals surface area contributed by atoms with E-state index in [0.29, 0.717) is 17.5 Å². The number of benzene rings is 1. The molecule has 0 aliphatic heterocycles. The number of hydrogen-bond donors (Lipinski definition) is 1. The molecule has 0 radical (unpaired) electrons. The van der Waals surface area contributed by atoms with E-state index in [2.05, 4.69) is 17.1 Å². The lowest BCUT2D eigenvalue weighted by atomic mass is 10.1. The van der Waals surface area contributed by atoms with Gasteiger partial charge in [-0.1, -0.05) is 36.3 Å². The molecule has 0 aliphatic rings. The van der Waals surface area contributed by atoms with E-state index in [0.717, 1.165) is 12.0 Å². The van der Waals surface area contributed by atoms with E-state index < -0.39 is 5.97 Å². The fourth-order valence-corrected chi connectivity index (χ4v) is 2.11. The zero-order chi connectivity index (χ0) is 13.7. The Bertz CT molecular complexity index is 551. The van der Waals surface area contributed by atoms with Crippen LogP contribution < -0.4 is 0 Å². The average Bonchev–Trinajstić information content (AvgIpc) is 2.87. The molecule has 6 heteroatoms. The number of hydrogen-bond acceptors (Lipinski definition) is 5. The smallest absolute Gasteiger partial charge is 0.313 e. The maximum atomic E-state index is 10.4. The van der Waals surface area contributed by atoms with Gasteiger partial charge in [0.15, 0.2) is 0 Å². The highest BCUT2D eigenvalue weighted by Crippen LogP contribution is 2.18. The number of rotatable bonds is 6. The lowest BCUT2D eigenvalue weighted by Gasteiger charge is -1.97. The monoisotopic (exact) mass is 278 g/mol. The molecule has 1 aromatic carbocycles. The highest BCUT2D eigenvalue weighted by atomic mass is 32.2. The van der Waals surface area contributed by atoms with Gasteiger partial charge < -0.3 is 9.63 Å². The second-order valence-electron chi connectivity index (χ2n) is 3.95. The maximum Gasteiger partial charge on any atom is 0.313 e. The van der Waals surface area contributed by atoms with Gasteiger partial charge in [0.25, 0.3) is 0 Å². The predicted octanol–water partition coefficient (Wildman–Crippen LogP) is 2.62. The standard InChI is InChI=1S/C13H14N2O3S/c1-2-9-3-5-10(6-4-9)13-14-11(18-15-13)7-19-8-12(16)17/h3-6H,2,7-8H2,1H3,(H,16,17). The van der Waals surface area contributed by atoms with E-state index in [4.69, 9.17) is 9.63 Å². The van der Waals surface area contributed by atoms with Crippen molar-refractivity contribution in [1.29, 1.82) is 0 Å². The first-order valence-corrected chi connectivity index (χ1v) is 7.06. The molecule has 0 aliphatic carbocycles. The van der Waals surface area contributed by atoms with Gasteiger partial charge in [-0.2, -0.15) is 4.98 Å². The van der Waals surface area contributed by atoms with E-state index in [-0.39, 0.29) is 5.75 Å². The average molecular weight is 278 g/mol. The molecule has 0 spiro atoms. The molecule has 1 aromatic heterocycles. The first-order valence-electron chi connectivity index (χ1n) is 5.90. The molecule has 0 saturated heterocycles. The van der Waals surface area contributed by atoms with Crippen LogP contribution in [0.15, 0.2) is 28.8 Å². The molecule has 5 nitrogen and oxygen atoms in total. The molecule has 0 bridgehead atoms. The fourth-order valence-electron chi connectivity index (χ4n) is 1.55. The van der Waals surface area contributed by atoms with Gasteiger partial charge in [-0.25, -0.2) is 0 Å². The van der Waals surface area contributed by atoms with E-state index in [1.807, 2.05) is 24.3 Å². The van der Waals surface area contributed by atoms with Crippen LogP contribution in [0.3, 0.4) is 0 Å². The zero-order valence-electron chi connectivity index (χ0n) is 10.5. The third kappa shape index (κ3) is 3.82. The summed E-state index contributed by atoms with van der Waals surface area (Å²) in [4.78, 5) is 14.6. The minimum atomic E-state index is -0.847. The first-order chi connectivity index (χ1) is 9.19. The van der Waals surface area contributed by atoms with Crippen molar-refractivity contribution in [2.75, 3.05) is 5.75 Å². The second kappa shape index (κ2) is 6.38. The summed E-state index contributed by atoms with van der Waals surface area (Å²) in [5.41, 5.74) is 2.15. The Morgan fingerprint density at radius 3 is 2.74 bits per heavy atom. The Kier molecular flexibility index (Phi) is 4.57. The first kappa shape index (κ1) is 13.6. The van der Waals surface area contributed by atoms with E-state index in [1.165, 1.54) is 17.3 Å². The summed E-state index contributed by atoms with van der Waals surface area (Å²) >= 11 is 1.23. The maximum absolute atomic E-state index is 10.4. The van der Waals surface area contributed by atoms with Crippen molar-refractivity contribution in [2.24, 2.45) is 0 Å². The molecular formula is C13H14N2O3S. The summed E-state index contributed by atoms with van der Waals surface area (Å²) in [7, 11) is 0. The van der Waals surface area contributed by atoms with Crippen LogP contribution in [0.1, 0.15) is 18.4 Å².